The fourth-order valence-electron chi connectivity index (χ4n) is 2.73. The quantitative estimate of drug-likeness (QED) is 0.618. The Balaban J connectivity index is 1.69. The van der Waals surface area contributed by atoms with Crippen molar-refractivity contribution in [2.24, 2.45) is 0 Å². The van der Waals surface area contributed by atoms with Crippen LogP contribution < -0.4 is 4.74 Å². The number of rotatable bonds is 8. The number of aromatic nitrogens is 2. The lowest BCUT2D eigenvalue weighted by atomic mass is 10.2. The van der Waals surface area contributed by atoms with E-state index >= 15 is 0 Å². The van der Waals surface area contributed by atoms with E-state index in [1.807, 2.05) is 30.3 Å². The molecular weight excluding hydrogens is 314 g/mol. The Morgan fingerprint density at radius 3 is 2.40 bits per heavy atom. The van der Waals surface area contributed by atoms with Gasteiger partial charge in [0.15, 0.2) is 0 Å². The van der Waals surface area contributed by atoms with Gasteiger partial charge in [-0.15, -0.1) is 10.2 Å². The molecule has 5 nitrogen and oxygen atoms in total. The highest BCUT2D eigenvalue weighted by atomic mass is 16.5. The molecule has 0 spiro atoms. The van der Waals surface area contributed by atoms with E-state index in [1.54, 1.807) is 7.11 Å². The minimum Gasteiger partial charge on any atom is -0.497 e. The van der Waals surface area contributed by atoms with Crippen molar-refractivity contribution in [3.8, 4) is 17.2 Å². The first kappa shape index (κ1) is 17.2. The highest BCUT2D eigenvalue weighted by Crippen LogP contribution is 2.21. The van der Waals surface area contributed by atoms with Gasteiger partial charge in [0, 0.05) is 12.1 Å². The minimum atomic E-state index is 0.536. The number of ether oxygens (including phenoxy) is 1. The molecule has 0 saturated carbocycles. The number of hydrogen-bond donors (Lipinski definition) is 0. The molecule has 0 N–H and O–H groups in total. The zero-order valence-corrected chi connectivity index (χ0v) is 14.7. The molecule has 1 heterocycles. The van der Waals surface area contributed by atoms with Crippen molar-refractivity contribution in [2.75, 3.05) is 13.7 Å². The second-order valence-electron chi connectivity index (χ2n) is 5.93. The normalized spacial score (nSPS) is 11.0. The van der Waals surface area contributed by atoms with E-state index in [0.717, 1.165) is 30.8 Å². The summed E-state index contributed by atoms with van der Waals surface area (Å²) < 4.78 is 11.0. The van der Waals surface area contributed by atoms with Crippen molar-refractivity contribution in [3.05, 3.63) is 66.1 Å². The molecule has 2 aromatic carbocycles. The standard InChI is InChI=1S/C20H23N3O2/c1-3-13-23(14-16-7-5-4-6-8-16)15-19-21-22-20(25-19)17-9-11-18(24-2)12-10-17/h4-12H,3,13-15H2,1-2H3. The molecule has 3 aromatic rings. The average Bonchev–Trinajstić information content (AvgIpc) is 3.11. The van der Waals surface area contributed by atoms with Gasteiger partial charge in [-0.3, -0.25) is 4.90 Å². The van der Waals surface area contributed by atoms with Gasteiger partial charge in [0.05, 0.1) is 13.7 Å². The summed E-state index contributed by atoms with van der Waals surface area (Å²) in [6.45, 7) is 4.67. The number of nitrogens with zero attached hydrogens (tertiary/aromatic N) is 3. The van der Waals surface area contributed by atoms with Crippen LogP contribution >= 0.6 is 0 Å². The smallest absolute Gasteiger partial charge is 0.247 e. The molecular formula is C20H23N3O2. The first-order chi connectivity index (χ1) is 12.3. The second-order valence-corrected chi connectivity index (χ2v) is 5.93. The Kier molecular flexibility index (Phi) is 5.80. The molecule has 0 atom stereocenters. The number of methoxy groups -OCH3 is 1. The van der Waals surface area contributed by atoms with Crippen LogP contribution in [0.4, 0.5) is 0 Å². The molecule has 0 amide bonds. The molecule has 0 radical (unpaired) electrons. The zero-order valence-electron chi connectivity index (χ0n) is 14.7. The van der Waals surface area contributed by atoms with Crippen molar-refractivity contribution in [1.82, 2.24) is 15.1 Å². The Bertz CT molecular complexity index is 769. The largest absolute Gasteiger partial charge is 0.497 e. The minimum absolute atomic E-state index is 0.536. The van der Waals surface area contributed by atoms with E-state index in [2.05, 4.69) is 46.3 Å². The Labute approximate surface area is 148 Å². The van der Waals surface area contributed by atoms with Crippen LogP contribution in [-0.4, -0.2) is 28.8 Å². The van der Waals surface area contributed by atoms with Gasteiger partial charge in [0.25, 0.3) is 0 Å². The number of benzene rings is 2. The van der Waals surface area contributed by atoms with Crippen LogP contribution in [0.2, 0.25) is 0 Å². The van der Waals surface area contributed by atoms with Gasteiger partial charge in [-0.2, -0.15) is 0 Å². The van der Waals surface area contributed by atoms with Crippen LogP contribution in [0.15, 0.2) is 59.0 Å². The molecule has 0 aliphatic rings. The third-order valence-electron chi connectivity index (χ3n) is 3.95. The van der Waals surface area contributed by atoms with Gasteiger partial charge in [0.2, 0.25) is 11.8 Å². The Morgan fingerprint density at radius 1 is 0.960 bits per heavy atom. The van der Waals surface area contributed by atoms with Crippen LogP contribution in [0.1, 0.15) is 24.8 Å². The summed E-state index contributed by atoms with van der Waals surface area (Å²) in [5.41, 5.74) is 2.18. The van der Waals surface area contributed by atoms with Gasteiger partial charge < -0.3 is 9.15 Å². The van der Waals surface area contributed by atoms with Gasteiger partial charge in [-0.1, -0.05) is 37.3 Å². The molecule has 0 aliphatic carbocycles. The summed E-state index contributed by atoms with van der Waals surface area (Å²) in [5.74, 6) is 1.98. The molecule has 25 heavy (non-hydrogen) atoms. The van der Waals surface area contributed by atoms with Crippen LogP contribution in [0.25, 0.3) is 11.5 Å². The zero-order chi connectivity index (χ0) is 17.5. The second kappa shape index (κ2) is 8.44. The van der Waals surface area contributed by atoms with Gasteiger partial charge >= 0.3 is 0 Å². The predicted molar refractivity (Wildman–Crippen MR) is 97.1 cm³/mol. The van der Waals surface area contributed by atoms with Gasteiger partial charge in [0.1, 0.15) is 5.75 Å². The maximum atomic E-state index is 5.85. The summed E-state index contributed by atoms with van der Waals surface area (Å²) in [5, 5.41) is 8.39. The van der Waals surface area contributed by atoms with Crippen molar-refractivity contribution in [3.63, 3.8) is 0 Å². The van der Waals surface area contributed by atoms with E-state index in [1.165, 1.54) is 5.56 Å². The molecule has 3 rings (SSSR count). The third kappa shape index (κ3) is 4.67. The lowest BCUT2D eigenvalue weighted by Gasteiger charge is -2.19. The Hall–Kier alpha value is -2.66. The maximum Gasteiger partial charge on any atom is 0.247 e. The summed E-state index contributed by atoms with van der Waals surface area (Å²) >= 11 is 0. The van der Waals surface area contributed by atoms with Crippen LogP contribution in [-0.2, 0) is 13.1 Å². The summed E-state index contributed by atoms with van der Waals surface area (Å²) in [7, 11) is 1.65. The van der Waals surface area contributed by atoms with Crippen LogP contribution in [0.3, 0.4) is 0 Å². The molecule has 0 aliphatic heterocycles. The lowest BCUT2D eigenvalue weighted by molar-refractivity contribution is 0.232. The summed E-state index contributed by atoms with van der Waals surface area (Å²) in [6.07, 6.45) is 1.08. The monoisotopic (exact) mass is 337 g/mol. The summed E-state index contributed by atoms with van der Waals surface area (Å²) in [6, 6.07) is 18.1. The first-order valence-corrected chi connectivity index (χ1v) is 8.51. The van der Waals surface area contributed by atoms with E-state index in [9.17, 15) is 0 Å². The van der Waals surface area contributed by atoms with Crippen molar-refractivity contribution < 1.29 is 9.15 Å². The molecule has 5 heteroatoms. The Morgan fingerprint density at radius 2 is 1.72 bits per heavy atom. The molecule has 0 unspecified atom stereocenters. The van der Waals surface area contributed by atoms with E-state index in [0.29, 0.717) is 18.3 Å². The highest BCUT2D eigenvalue weighted by molar-refractivity contribution is 5.53. The van der Waals surface area contributed by atoms with Gasteiger partial charge in [-0.25, -0.2) is 0 Å². The number of hydrogen-bond acceptors (Lipinski definition) is 5. The fraction of sp³-hybridized carbons (Fsp3) is 0.300. The summed E-state index contributed by atoms with van der Waals surface area (Å²) in [4.78, 5) is 2.32. The molecule has 130 valence electrons. The van der Waals surface area contributed by atoms with Gasteiger partial charge in [-0.05, 0) is 42.8 Å². The van der Waals surface area contributed by atoms with Crippen LogP contribution in [0.5, 0.6) is 5.75 Å². The molecule has 1 aromatic heterocycles. The molecule has 0 bridgehead atoms. The molecule has 0 fully saturated rings. The first-order valence-electron chi connectivity index (χ1n) is 8.51. The lowest BCUT2D eigenvalue weighted by Crippen LogP contribution is -2.23. The van der Waals surface area contributed by atoms with E-state index in [4.69, 9.17) is 9.15 Å². The fourth-order valence-corrected chi connectivity index (χ4v) is 2.73. The average molecular weight is 337 g/mol. The third-order valence-corrected chi connectivity index (χ3v) is 3.95. The highest BCUT2D eigenvalue weighted by Gasteiger charge is 2.13. The van der Waals surface area contributed by atoms with E-state index in [-0.39, 0.29) is 0 Å². The SMILES string of the molecule is CCCN(Cc1ccccc1)Cc1nnc(-c2ccc(OC)cc2)o1. The van der Waals surface area contributed by atoms with Crippen molar-refractivity contribution in [1.29, 1.82) is 0 Å². The van der Waals surface area contributed by atoms with Crippen molar-refractivity contribution >= 4 is 0 Å². The van der Waals surface area contributed by atoms with E-state index < -0.39 is 0 Å². The predicted octanol–water partition coefficient (Wildman–Crippen LogP) is 4.16. The van der Waals surface area contributed by atoms with Crippen molar-refractivity contribution in [2.45, 2.75) is 26.4 Å². The molecule has 0 saturated heterocycles. The van der Waals surface area contributed by atoms with Crippen LogP contribution in [0, 0.1) is 0 Å². The maximum absolute atomic E-state index is 5.85. The topological polar surface area (TPSA) is 51.4 Å².